The number of thiazole rings is 1. The van der Waals surface area contributed by atoms with Crippen molar-refractivity contribution in [2.24, 2.45) is 0 Å². The molecule has 32 heavy (non-hydrogen) atoms. The number of allylic oxidation sites excluding steroid dienone is 1. The number of aromatic nitrogens is 4. The van der Waals surface area contributed by atoms with E-state index in [0.29, 0.717) is 34.6 Å². The number of halogens is 1. The van der Waals surface area contributed by atoms with Crippen LogP contribution in [0.3, 0.4) is 0 Å². The fraction of sp³-hybridized carbons (Fsp3) is 0.174. The Morgan fingerprint density at radius 1 is 1.12 bits per heavy atom. The molecule has 0 atom stereocenters. The van der Waals surface area contributed by atoms with Crippen molar-refractivity contribution in [3.8, 4) is 33.5 Å². The van der Waals surface area contributed by atoms with Crippen LogP contribution in [0.2, 0.25) is 0 Å². The summed E-state index contributed by atoms with van der Waals surface area (Å²) in [4.78, 5) is 4.75. The molecule has 0 saturated heterocycles. The molecule has 2 aromatic heterocycles. The second kappa shape index (κ2) is 9.97. The van der Waals surface area contributed by atoms with Gasteiger partial charge in [-0.3, -0.25) is 4.57 Å². The maximum Gasteiger partial charge on any atom is 0.192 e. The first-order valence-corrected chi connectivity index (χ1v) is 11.6. The molecule has 0 aliphatic carbocycles. The number of nitrogens with zero attached hydrogens (tertiary/aromatic N) is 4. The van der Waals surface area contributed by atoms with Gasteiger partial charge in [0.25, 0.3) is 0 Å². The number of hydrogen-bond donors (Lipinski definition) is 0. The Bertz CT molecular complexity index is 1240. The molecule has 9 heteroatoms. The predicted molar refractivity (Wildman–Crippen MR) is 126 cm³/mol. The summed E-state index contributed by atoms with van der Waals surface area (Å²) in [6, 6.07) is 12.2. The lowest BCUT2D eigenvalue weighted by Gasteiger charge is -2.08. The van der Waals surface area contributed by atoms with Gasteiger partial charge < -0.3 is 9.47 Å². The lowest BCUT2D eigenvalue weighted by molar-refractivity contribution is 0.395. The fourth-order valence-electron chi connectivity index (χ4n) is 3.14. The fourth-order valence-corrected chi connectivity index (χ4v) is 4.94. The summed E-state index contributed by atoms with van der Waals surface area (Å²) in [5.41, 5.74) is 2.23. The highest BCUT2D eigenvalue weighted by Crippen LogP contribution is 2.36. The maximum absolute atomic E-state index is 14.3. The van der Waals surface area contributed by atoms with Gasteiger partial charge in [0.15, 0.2) is 11.0 Å². The van der Waals surface area contributed by atoms with Gasteiger partial charge in [-0.15, -0.1) is 28.1 Å². The second-order valence-corrected chi connectivity index (χ2v) is 8.48. The maximum atomic E-state index is 14.3. The zero-order chi connectivity index (χ0) is 22.5. The van der Waals surface area contributed by atoms with Crippen molar-refractivity contribution in [3.05, 3.63) is 72.0 Å². The second-order valence-electron chi connectivity index (χ2n) is 6.68. The van der Waals surface area contributed by atoms with Crippen molar-refractivity contribution in [1.82, 2.24) is 19.7 Å². The van der Waals surface area contributed by atoms with Crippen molar-refractivity contribution in [1.29, 1.82) is 0 Å². The van der Waals surface area contributed by atoms with E-state index in [2.05, 4.69) is 16.8 Å². The first-order valence-electron chi connectivity index (χ1n) is 9.73. The van der Waals surface area contributed by atoms with Gasteiger partial charge in [-0.05, 0) is 24.3 Å². The average Bonchev–Trinajstić information content (AvgIpc) is 3.45. The van der Waals surface area contributed by atoms with E-state index in [4.69, 9.17) is 14.5 Å². The molecule has 0 amide bonds. The van der Waals surface area contributed by atoms with E-state index in [-0.39, 0.29) is 5.82 Å². The van der Waals surface area contributed by atoms with Crippen LogP contribution in [-0.4, -0.2) is 34.0 Å². The van der Waals surface area contributed by atoms with E-state index in [1.807, 2.05) is 28.1 Å². The largest absolute Gasteiger partial charge is 0.497 e. The molecule has 164 valence electrons. The molecular weight excluding hydrogens is 447 g/mol. The summed E-state index contributed by atoms with van der Waals surface area (Å²) in [5, 5.41) is 12.1. The van der Waals surface area contributed by atoms with Crippen molar-refractivity contribution in [3.63, 3.8) is 0 Å². The Morgan fingerprint density at radius 2 is 1.97 bits per heavy atom. The van der Waals surface area contributed by atoms with Gasteiger partial charge in [-0.25, -0.2) is 9.37 Å². The summed E-state index contributed by atoms with van der Waals surface area (Å²) >= 11 is 3.04. The average molecular weight is 469 g/mol. The molecule has 0 aliphatic heterocycles. The third kappa shape index (κ3) is 4.53. The van der Waals surface area contributed by atoms with Crippen molar-refractivity contribution >= 4 is 23.1 Å². The SMILES string of the molecule is C=CCn1c(SCc2csc(-c3ccc(OC)cc3OC)n2)nnc1-c1ccccc1F. The normalized spacial score (nSPS) is 10.8. The number of rotatable bonds is 9. The molecule has 0 radical (unpaired) electrons. The van der Waals surface area contributed by atoms with Crippen LogP contribution in [0.4, 0.5) is 4.39 Å². The predicted octanol–water partition coefficient (Wildman–Crippen LogP) is 5.70. The summed E-state index contributed by atoms with van der Waals surface area (Å²) in [6.07, 6.45) is 1.74. The smallest absolute Gasteiger partial charge is 0.192 e. The highest BCUT2D eigenvalue weighted by atomic mass is 32.2. The van der Waals surface area contributed by atoms with E-state index in [9.17, 15) is 4.39 Å². The number of hydrogen-bond acceptors (Lipinski definition) is 7. The van der Waals surface area contributed by atoms with Crippen LogP contribution < -0.4 is 9.47 Å². The van der Waals surface area contributed by atoms with Gasteiger partial charge in [0.1, 0.15) is 22.3 Å². The molecule has 0 bridgehead atoms. The quantitative estimate of drug-likeness (QED) is 0.232. The molecule has 2 heterocycles. The van der Waals surface area contributed by atoms with E-state index in [0.717, 1.165) is 22.0 Å². The molecular formula is C23H21FN4O2S2. The Balaban J connectivity index is 1.55. The molecule has 0 aliphatic rings. The summed E-state index contributed by atoms with van der Waals surface area (Å²) in [6.45, 7) is 4.28. The van der Waals surface area contributed by atoms with E-state index in [1.165, 1.54) is 17.8 Å². The third-order valence-electron chi connectivity index (χ3n) is 4.68. The Hall–Kier alpha value is -3.17. The highest BCUT2D eigenvalue weighted by molar-refractivity contribution is 7.98. The standard InChI is InChI=1S/C23H21FN4O2S2/c1-4-11-28-21(17-7-5-6-8-19(17)24)26-27-23(28)32-14-15-13-31-22(25-15)18-10-9-16(29-2)12-20(18)30-3/h4-10,12-13H,1,11,14H2,2-3H3. The first kappa shape index (κ1) is 22.0. The molecule has 6 nitrogen and oxygen atoms in total. The third-order valence-corrected chi connectivity index (χ3v) is 6.61. The number of ether oxygens (including phenoxy) is 2. The van der Waals surface area contributed by atoms with E-state index < -0.39 is 0 Å². The summed E-state index contributed by atoms with van der Waals surface area (Å²) < 4.78 is 26.9. The summed E-state index contributed by atoms with van der Waals surface area (Å²) in [5.74, 6) is 2.18. The molecule has 0 unspecified atom stereocenters. The highest BCUT2D eigenvalue weighted by Gasteiger charge is 2.17. The molecule has 0 spiro atoms. The van der Waals surface area contributed by atoms with Crippen molar-refractivity contribution in [2.75, 3.05) is 14.2 Å². The van der Waals surface area contributed by atoms with Crippen molar-refractivity contribution < 1.29 is 13.9 Å². The van der Waals surface area contributed by atoms with Gasteiger partial charge in [-0.2, -0.15) is 0 Å². The Labute approximate surface area is 193 Å². The number of benzene rings is 2. The monoisotopic (exact) mass is 468 g/mol. The van der Waals surface area contributed by atoms with Crippen LogP contribution in [0.25, 0.3) is 22.0 Å². The zero-order valence-corrected chi connectivity index (χ0v) is 19.3. The van der Waals surface area contributed by atoms with Gasteiger partial charge in [-0.1, -0.05) is 30.0 Å². The zero-order valence-electron chi connectivity index (χ0n) is 17.6. The molecule has 0 fully saturated rings. The first-order chi connectivity index (χ1) is 15.6. The topological polar surface area (TPSA) is 62.1 Å². The molecule has 4 rings (SSSR count). The Kier molecular flexibility index (Phi) is 6.87. The van der Waals surface area contributed by atoms with Gasteiger partial charge in [0.2, 0.25) is 0 Å². The van der Waals surface area contributed by atoms with Crippen molar-refractivity contribution in [2.45, 2.75) is 17.5 Å². The van der Waals surface area contributed by atoms with Gasteiger partial charge in [0, 0.05) is 23.7 Å². The Morgan fingerprint density at radius 3 is 2.72 bits per heavy atom. The molecule has 0 N–H and O–H groups in total. The molecule has 4 aromatic rings. The summed E-state index contributed by atoms with van der Waals surface area (Å²) in [7, 11) is 3.25. The van der Waals surface area contributed by atoms with Gasteiger partial charge >= 0.3 is 0 Å². The molecule has 0 saturated carbocycles. The van der Waals surface area contributed by atoms with Crippen LogP contribution in [0, 0.1) is 5.82 Å². The minimum absolute atomic E-state index is 0.334. The van der Waals surface area contributed by atoms with E-state index >= 15 is 0 Å². The van der Waals surface area contributed by atoms with Crippen LogP contribution in [-0.2, 0) is 12.3 Å². The lowest BCUT2D eigenvalue weighted by Crippen LogP contribution is -2.01. The number of thioether (sulfide) groups is 1. The van der Waals surface area contributed by atoms with Crippen LogP contribution in [0.15, 0.2) is 65.7 Å². The van der Waals surface area contributed by atoms with Crippen LogP contribution in [0.5, 0.6) is 11.5 Å². The molecule has 2 aromatic carbocycles. The van der Waals surface area contributed by atoms with Crippen LogP contribution >= 0.6 is 23.1 Å². The van der Waals surface area contributed by atoms with Gasteiger partial charge in [0.05, 0.1) is 31.0 Å². The minimum Gasteiger partial charge on any atom is -0.497 e. The lowest BCUT2D eigenvalue weighted by atomic mass is 10.2. The van der Waals surface area contributed by atoms with E-state index in [1.54, 1.807) is 49.8 Å². The minimum atomic E-state index is -0.334. The number of methoxy groups -OCH3 is 2. The van der Waals surface area contributed by atoms with Crippen LogP contribution in [0.1, 0.15) is 5.69 Å².